The Labute approximate surface area is 122 Å². The molecule has 8 heteroatoms. The van der Waals surface area contributed by atoms with Crippen LogP contribution >= 0.6 is 0 Å². The molecular weight excluding hydrogens is 302 g/mol. The average molecular weight is 320 g/mol. The Bertz CT molecular complexity index is 647. The number of sulfonamides is 1. The minimum absolute atomic E-state index is 0.183. The number of nitrogens with two attached hydrogens (primary N) is 1. The number of benzene rings is 1. The maximum Gasteiger partial charge on any atom is 0.255 e. The van der Waals surface area contributed by atoms with Crippen LogP contribution in [0.15, 0.2) is 17.0 Å². The SMILES string of the molecule is CCC(C)CN(C)C(=O)c1cc(F)c(F)cc1S(N)(=O)=O. The maximum absolute atomic E-state index is 13.3. The Morgan fingerprint density at radius 2 is 1.86 bits per heavy atom. The number of nitrogens with zero attached hydrogens (tertiary/aromatic N) is 1. The third-order valence-corrected chi connectivity index (χ3v) is 4.14. The first kappa shape index (κ1) is 17.5. The summed E-state index contributed by atoms with van der Waals surface area (Å²) in [6, 6.07) is 0.986. The Morgan fingerprint density at radius 3 is 2.33 bits per heavy atom. The van der Waals surface area contributed by atoms with E-state index in [9.17, 15) is 22.0 Å². The van der Waals surface area contributed by atoms with Crippen molar-refractivity contribution in [3.8, 4) is 0 Å². The van der Waals surface area contributed by atoms with Gasteiger partial charge in [-0.15, -0.1) is 0 Å². The minimum Gasteiger partial charge on any atom is -0.341 e. The van der Waals surface area contributed by atoms with Gasteiger partial charge in [-0.25, -0.2) is 22.3 Å². The lowest BCUT2D eigenvalue weighted by atomic mass is 10.1. The van der Waals surface area contributed by atoms with Gasteiger partial charge in [0.25, 0.3) is 5.91 Å². The monoisotopic (exact) mass is 320 g/mol. The van der Waals surface area contributed by atoms with Gasteiger partial charge in [0.1, 0.15) is 0 Å². The van der Waals surface area contributed by atoms with Gasteiger partial charge in [0.15, 0.2) is 11.6 Å². The van der Waals surface area contributed by atoms with Crippen LogP contribution < -0.4 is 5.14 Å². The van der Waals surface area contributed by atoms with Gasteiger partial charge in [0, 0.05) is 13.6 Å². The lowest BCUT2D eigenvalue weighted by Crippen LogP contribution is -2.32. The van der Waals surface area contributed by atoms with Crippen LogP contribution in [0, 0.1) is 17.6 Å². The van der Waals surface area contributed by atoms with E-state index in [0.29, 0.717) is 18.7 Å². The number of halogens is 2. The van der Waals surface area contributed by atoms with E-state index in [4.69, 9.17) is 5.14 Å². The Kier molecular flexibility index (Phi) is 5.41. The molecule has 0 saturated heterocycles. The number of rotatable bonds is 5. The first-order valence-corrected chi connectivity index (χ1v) is 7.89. The van der Waals surface area contributed by atoms with E-state index in [2.05, 4.69) is 0 Å². The van der Waals surface area contributed by atoms with Crippen molar-refractivity contribution in [2.45, 2.75) is 25.2 Å². The van der Waals surface area contributed by atoms with E-state index in [1.807, 2.05) is 13.8 Å². The van der Waals surface area contributed by atoms with E-state index in [-0.39, 0.29) is 5.92 Å². The molecule has 0 heterocycles. The summed E-state index contributed by atoms with van der Waals surface area (Å²) in [5.41, 5.74) is -0.470. The van der Waals surface area contributed by atoms with Gasteiger partial charge in [-0.3, -0.25) is 4.79 Å². The number of hydrogen-bond acceptors (Lipinski definition) is 3. The van der Waals surface area contributed by atoms with Crippen LogP contribution in [0.4, 0.5) is 8.78 Å². The summed E-state index contributed by atoms with van der Waals surface area (Å²) in [7, 11) is -2.88. The number of hydrogen-bond donors (Lipinski definition) is 1. The van der Waals surface area contributed by atoms with Crippen molar-refractivity contribution in [3.05, 3.63) is 29.3 Å². The second-order valence-electron chi connectivity index (χ2n) is 5.01. The van der Waals surface area contributed by atoms with Crippen LogP contribution in [0.25, 0.3) is 0 Å². The van der Waals surface area contributed by atoms with E-state index >= 15 is 0 Å². The van der Waals surface area contributed by atoms with Gasteiger partial charge >= 0.3 is 0 Å². The normalized spacial score (nSPS) is 13.0. The van der Waals surface area contributed by atoms with Crippen LogP contribution in [-0.4, -0.2) is 32.8 Å². The molecule has 0 aliphatic rings. The van der Waals surface area contributed by atoms with Gasteiger partial charge in [0.2, 0.25) is 10.0 Å². The van der Waals surface area contributed by atoms with Gasteiger partial charge in [-0.05, 0) is 18.1 Å². The highest BCUT2D eigenvalue weighted by Crippen LogP contribution is 2.21. The minimum atomic E-state index is -4.34. The van der Waals surface area contributed by atoms with Gasteiger partial charge in [-0.1, -0.05) is 20.3 Å². The maximum atomic E-state index is 13.3. The first-order chi connectivity index (χ1) is 9.57. The fraction of sp³-hybridized carbons (Fsp3) is 0.462. The predicted octanol–water partition coefficient (Wildman–Crippen LogP) is 1.73. The Morgan fingerprint density at radius 1 is 1.33 bits per heavy atom. The molecule has 5 nitrogen and oxygen atoms in total. The number of carbonyl (C=O) groups is 1. The topological polar surface area (TPSA) is 80.5 Å². The molecule has 0 saturated carbocycles. The molecule has 0 radical (unpaired) electrons. The zero-order valence-electron chi connectivity index (χ0n) is 12.1. The fourth-order valence-corrected chi connectivity index (χ4v) is 2.54. The summed E-state index contributed by atoms with van der Waals surface area (Å²) in [4.78, 5) is 12.8. The van der Waals surface area contributed by atoms with Crippen molar-refractivity contribution >= 4 is 15.9 Å². The quantitative estimate of drug-likeness (QED) is 0.897. The summed E-state index contributed by atoms with van der Waals surface area (Å²) in [6.45, 7) is 4.21. The van der Waals surface area contributed by atoms with Crippen LogP contribution in [0.5, 0.6) is 0 Å². The highest BCUT2D eigenvalue weighted by atomic mass is 32.2. The van der Waals surface area contributed by atoms with E-state index in [1.165, 1.54) is 11.9 Å². The molecule has 1 aromatic carbocycles. The summed E-state index contributed by atoms with van der Waals surface area (Å²) in [6.07, 6.45) is 0.817. The Hall–Kier alpha value is -1.54. The molecule has 1 aromatic rings. The lowest BCUT2D eigenvalue weighted by molar-refractivity contribution is 0.0770. The number of amides is 1. The van der Waals surface area contributed by atoms with Crippen molar-refractivity contribution in [1.29, 1.82) is 0 Å². The highest BCUT2D eigenvalue weighted by molar-refractivity contribution is 7.89. The van der Waals surface area contributed by atoms with Crippen molar-refractivity contribution in [1.82, 2.24) is 4.90 Å². The highest BCUT2D eigenvalue weighted by Gasteiger charge is 2.25. The van der Waals surface area contributed by atoms with Crippen molar-refractivity contribution < 1.29 is 22.0 Å². The second kappa shape index (κ2) is 6.48. The number of carbonyl (C=O) groups excluding carboxylic acids is 1. The fourth-order valence-electron chi connectivity index (χ4n) is 1.82. The molecule has 0 aromatic heterocycles. The molecule has 1 unspecified atom stereocenters. The largest absolute Gasteiger partial charge is 0.341 e. The first-order valence-electron chi connectivity index (χ1n) is 6.35. The Balaban J connectivity index is 3.29. The van der Waals surface area contributed by atoms with E-state index in [1.54, 1.807) is 0 Å². The number of primary sulfonamides is 1. The molecule has 1 atom stereocenters. The molecule has 0 fully saturated rings. The van der Waals surface area contributed by atoms with Crippen LogP contribution in [0.1, 0.15) is 30.6 Å². The summed E-state index contributed by atoms with van der Waals surface area (Å²) >= 11 is 0. The molecule has 118 valence electrons. The zero-order chi connectivity index (χ0) is 16.4. The molecule has 1 amide bonds. The molecule has 21 heavy (non-hydrogen) atoms. The molecule has 2 N–H and O–H groups in total. The van der Waals surface area contributed by atoms with Crippen LogP contribution in [0.2, 0.25) is 0 Å². The van der Waals surface area contributed by atoms with Crippen molar-refractivity contribution in [2.24, 2.45) is 11.1 Å². The molecular formula is C13H18F2N2O3S. The van der Waals surface area contributed by atoms with E-state index in [0.717, 1.165) is 6.42 Å². The zero-order valence-corrected chi connectivity index (χ0v) is 12.9. The second-order valence-corrected chi connectivity index (χ2v) is 6.54. The molecule has 0 spiro atoms. The van der Waals surface area contributed by atoms with Crippen molar-refractivity contribution in [3.63, 3.8) is 0 Å². The molecule has 1 rings (SSSR count). The molecule has 0 bridgehead atoms. The van der Waals surface area contributed by atoms with E-state index < -0.39 is 38.0 Å². The third-order valence-electron chi connectivity index (χ3n) is 3.19. The van der Waals surface area contributed by atoms with Gasteiger partial charge in [-0.2, -0.15) is 0 Å². The smallest absolute Gasteiger partial charge is 0.255 e. The lowest BCUT2D eigenvalue weighted by Gasteiger charge is -2.21. The average Bonchev–Trinajstić information content (AvgIpc) is 2.39. The van der Waals surface area contributed by atoms with Crippen molar-refractivity contribution in [2.75, 3.05) is 13.6 Å². The standard InChI is InChI=1S/C13H18F2N2O3S/c1-4-8(2)7-17(3)13(18)9-5-10(14)11(15)6-12(9)21(16,19)20/h5-6,8H,4,7H2,1-3H3,(H2,16,19,20). The van der Waals surface area contributed by atoms with Gasteiger partial charge < -0.3 is 4.90 Å². The van der Waals surface area contributed by atoms with Crippen LogP contribution in [0.3, 0.4) is 0 Å². The summed E-state index contributed by atoms with van der Waals surface area (Å²) in [5.74, 6) is -3.22. The van der Waals surface area contributed by atoms with Gasteiger partial charge in [0.05, 0.1) is 10.5 Å². The summed E-state index contributed by atoms with van der Waals surface area (Å²) < 4.78 is 49.4. The molecule has 0 aliphatic carbocycles. The summed E-state index contributed by atoms with van der Waals surface area (Å²) in [5, 5.41) is 4.95. The third kappa shape index (κ3) is 4.21. The molecule has 0 aliphatic heterocycles. The van der Waals surface area contributed by atoms with Crippen LogP contribution in [-0.2, 0) is 10.0 Å². The predicted molar refractivity (Wildman–Crippen MR) is 74.1 cm³/mol.